The topological polar surface area (TPSA) is 69.6 Å². The van der Waals surface area contributed by atoms with Crippen LogP contribution in [0.5, 0.6) is 11.5 Å². The van der Waals surface area contributed by atoms with E-state index in [-0.39, 0.29) is 17.1 Å². The molecule has 4 rings (SSSR count). The van der Waals surface area contributed by atoms with Crippen molar-refractivity contribution in [3.8, 4) is 35.2 Å². The first-order valence-corrected chi connectivity index (χ1v) is 10.2. The molecule has 4 heteroatoms. The number of rotatable bonds is 2. The highest BCUT2D eigenvalue weighted by atomic mass is 16.3. The maximum Gasteiger partial charge on any atom is 0.259 e. The Balaban J connectivity index is 1.40. The number of aromatic hydroxyl groups is 2. The minimum absolute atomic E-state index is 0.00391. The maximum absolute atomic E-state index is 12.3. The average molecular weight is 429 g/mol. The lowest BCUT2D eigenvalue weighted by Gasteiger charge is -2.07. The molecule has 0 heterocycles. The number of benzene rings is 4. The van der Waals surface area contributed by atoms with E-state index in [4.69, 9.17) is 0 Å². The number of nitrogens with one attached hydrogen (secondary N) is 1. The van der Waals surface area contributed by atoms with E-state index < -0.39 is 5.91 Å². The van der Waals surface area contributed by atoms with Crippen molar-refractivity contribution in [2.75, 3.05) is 5.32 Å². The van der Waals surface area contributed by atoms with Crippen molar-refractivity contribution in [2.24, 2.45) is 0 Å². The van der Waals surface area contributed by atoms with Gasteiger partial charge in [0.05, 0.1) is 5.56 Å². The predicted molar refractivity (Wildman–Crippen MR) is 129 cm³/mol. The smallest absolute Gasteiger partial charge is 0.259 e. The molecule has 0 saturated carbocycles. The monoisotopic (exact) mass is 429 g/mol. The Morgan fingerprint density at radius 3 is 1.64 bits per heavy atom. The van der Waals surface area contributed by atoms with E-state index in [1.807, 2.05) is 54.6 Å². The van der Waals surface area contributed by atoms with Crippen LogP contribution in [0.25, 0.3) is 0 Å². The van der Waals surface area contributed by atoms with Crippen molar-refractivity contribution in [1.29, 1.82) is 0 Å². The molecule has 0 spiro atoms. The summed E-state index contributed by atoms with van der Waals surface area (Å²) in [5.41, 5.74) is 4.10. The van der Waals surface area contributed by atoms with Crippen LogP contribution in [0.3, 0.4) is 0 Å². The third kappa shape index (κ3) is 5.82. The predicted octanol–water partition coefficient (Wildman–Crippen LogP) is 5.15. The van der Waals surface area contributed by atoms with Crippen molar-refractivity contribution < 1.29 is 15.0 Å². The molecule has 0 aliphatic heterocycles. The molecule has 0 aliphatic carbocycles. The number of hydrogen-bond donors (Lipinski definition) is 3. The Kier molecular flexibility index (Phi) is 6.40. The fourth-order valence-electron chi connectivity index (χ4n) is 2.99. The summed E-state index contributed by atoms with van der Waals surface area (Å²) >= 11 is 0. The molecule has 4 aromatic carbocycles. The molecule has 0 unspecified atom stereocenters. The van der Waals surface area contributed by atoms with Crippen LogP contribution < -0.4 is 5.32 Å². The van der Waals surface area contributed by atoms with E-state index in [1.165, 1.54) is 18.2 Å². The van der Waals surface area contributed by atoms with Gasteiger partial charge in [-0.15, -0.1) is 0 Å². The molecule has 0 aromatic heterocycles. The van der Waals surface area contributed by atoms with Gasteiger partial charge in [-0.3, -0.25) is 4.79 Å². The van der Waals surface area contributed by atoms with Gasteiger partial charge in [-0.1, -0.05) is 41.9 Å². The van der Waals surface area contributed by atoms with Crippen molar-refractivity contribution in [3.05, 3.63) is 125 Å². The Labute approximate surface area is 192 Å². The first kappa shape index (κ1) is 21.3. The summed E-state index contributed by atoms with van der Waals surface area (Å²) in [4.78, 5) is 12.3. The molecular formula is C29H19NO3. The number of phenolic OH excluding ortho intramolecular Hbond substituents is 2. The van der Waals surface area contributed by atoms with Crippen LogP contribution in [-0.4, -0.2) is 16.1 Å². The first-order valence-electron chi connectivity index (χ1n) is 10.2. The van der Waals surface area contributed by atoms with Crippen LogP contribution in [0, 0.1) is 23.7 Å². The SMILES string of the molecule is O=C(Nc1ccc(C#Cc2ccc(C#Cc3ccccc3)cc2)cc1)c1cc(O)ccc1O. The second-order valence-corrected chi connectivity index (χ2v) is 7.18. The molecule has 4 nitrogen and oxygen atoms in total. The van der Waals surface area contributed by atoms with Gasteiger partial charge in [0.15, 0.2) is 0 Å². The normalized spacial score (nSPS) is 9.70. The van der Waals surface area contributed by atoms with E-state index >= 15 is 0 Å². The second kappa shape index (κ2) is 9.92. The average Bonchev–Trinajstić information content (AvgIpc) is 2.85. The summed E-state index contributed by atoms with van der Waals surface area (Å²) in [7, 11) is 0. The molecule has 3 N–H and O–H groups in total. The summed E-state index contributed by atoms with van der Waals surface area (Å²) in [5, 5.41) is 22.0. The lowest BCUT2D eigenvalue weighted by atomic mass is 10.1. The fraction of sp³-hybridized carbons (Fsp3) is 0. The lowest BCUT2D eigenvalue weighted by Crippen LogP contribution is -2.11. The van der Waals surface area contributed by atoms with Gasteiger partial charge in [-0.2, -0.15) is 0 Å². The molecule has 0 radical (unpaired) electrons. The van der Waals surface area contributed by atoms with Gasteiger partial charge < -0.3 is 15.5 Å². The van der Waals surface area contributed by atoms with E-state index in [2.05, 4.69) is 29.0 Å². The summed E-state index contributed by atoms with van der Waals surface area (Å²) in [5.74, 6) is 11.7. The van der Waals surface area contributed by atoms with Crippen molar-refractivity contribution in [3.63, 3.8) is 0 Å². The minimum atomic E-state index is -0.516. The number of amides is 1. The molecule has 158 valence electrons. The highest BCUT2D eigenvalue weighted by Gasteiger charge is 2.12. The van der Waals surface area contributed by atoms with Gasteiger partial charge in [-0.05, 0) is 78.9 Å². The van der Waals surface area contributed by atoms with E-state index in [0.717, 1.165) is 22.3 Å². The molecule has 33 heavy (non-hydrogen) atoms. The van der Waals surface area contributed by atoms with E-state index in [0.29, 0.717) is 5.69 Å². The van der Waals surface area contributed by atoms with Gasteiger partial charge in [0.2, 0.25) is 0 Å². The lowest BCUT2D eigenvalue weighted by molar-refractivity contribution is 0.102. The molecular weight excluding hydrogens is 410 g/mol. The Hall–Kier alpha value is -4.93. The Bertz CT molecular complexity index is 1400. The molecule has 0 fully saturated rings. The Morgan fingerprint density at radius 1 is 0.606 bits per heavy atom. The number of carbonyl (C=O) groups is 1. The highest BCUT2D eigenvalue weighted by Crippen LogP contribution is 2.23. The summed E-state index contributed by atoms with van der Waals surface area (Å²) in [6.07, 6.45) is 0. The molecule has 1 amide bonds. The molecule has 0 bridgehead atoms. The number of phenols is 2. The molecule has 4 aromatic rings. The summed E-state index contributed by atoms with van der Waals surface area (Å²) in [6, 6.07) is 28.4. The van der Waals surface area contributed by atoms with Gasteiger partial charge in [0.25, 0.3) is 5.91 Å². The van der Waals surface area contributed by atoms with Crippen molar-refractivity contribution >= 4 is 11.6 Å². The van der Waals surface area contributed by atoms with Crippen LogP contribution in [0.2, 0.25) is 0 Å². The van der Waals surface area contributed by atoms with Crippen LogP contribution in [0.4, 0.5) is 5.69 Å². The standard InChI is InChI=1S/C29H19NO3/c31-26-18-19-28(32)27(20-26)29(33)30-25-16-14-24(15-17-25)13-12-23-10-8-22(9-11-23)7-6-21-4-2-1-3-5-21/h1-5,8-11,14-20,31-32H,(H,30,33). The zero-order valence-corrected chi connectivity index (χ0v) is 17.5. The van der Waals surface area contributed by atoms with E-state index in [1.54, 1.807) is 24.3 Å². The number of anilines is 1. The zero-order chi connectivity index (χ0) is 23.0. The minimum Gasteiger partial charge on any atom is -0.508 e. The quantitative estimate of drug-likeness (QED) is 0.305. The third-order valence-electron chi connectivity index (χ3n) is 4.73. The van der Waals surface area contributed by atoms with Gasteiger partial charge in [-0.25, -0.2) is 0 Å². The van der Waals surface area contributed by atoms with E-state index in [9.17, 15) is 15.0 Å². The molecule has 0 saturated heterocycles. The largest absolute Gasteiger partial charge is 0.508 e. The molecule has 0 atom stereocenters. The zero-order valence-electron chi connectivity index (χ0n) is 17.5. The van der Waals surface area contributed by atoms with Gasteiger partial charge >= 0.3 is 0 Å². The highest BCUT2D eigenvalue weighted by molar-refractivity contribution is 6.06. The van der Waals surface area contributed by atoms with Crippen LogP contribution in [0.1, 0.15) is 32.6 Å². The van der Waals surface area contributed by atoms with Crippen LogP contribution in [0.15, 0.2) is 97.1 Å². The van der Waals surface area contributed by atoms with Crippen LogP contribution in [-0.2, 0) is 0 Å². The van der Waals surface area contributed by atoms with Crippen molar-refractivity contribution in [1.82, 2.24) is 0 Å². The third-order valence-corrected chi connectivity index (χ3v) is 4.73. The summed E-state index contributed by atoms with van der Waals surface area (Å²) < 4.78 is 0. The molecule has 0 aliphatic rings. The summed E-state index contributed by atoms with van der Waals surface area (Å²) in [6.45, 7) is 0. The Morgan fingerprint density at radius 2 is 1.09 bits per heavy atom. The first-order chi connectivity index (χ1) is 16.1. The van der Waals surface area contributed by atoms with Crippen molar-refractivity contribution in [2.45, 2.75) is 0 Å². The fourth-order valence-corrected chi connectivity index (χ4v) is 2.99. The van der Waals surface area contributed by atoms with Crippen LogP contribution >= 0.6 is 0 Å². The van der Waals surface area contributed by atoms with Gasteiger partial charge in [0, 0.05) is 27.9 Å². The van der Waals surface area contributed by atoms with Gasteiger partial charge in [0.1, 0.15) is 11.5 Å². The number of carbonyl (C=O) groups excluding carboxylic acids is 1. The maximum atomic E-state index is 12.3. The number of hydrogen-bond acceptors (Lipinski definition) is 3. The second-order valence-electron chi connectivity index (χ2n) is 7.18.